The van der Waals surface area contributed by atoms with Crippen molar-refractivity contribution >= 4 is 12.6 Å². The van der Waals surface area contributed by atoms with Crippen LogP contribution in [0, 0.1) is 0 Å². The summed E-state index contributed by atoms with van der Waals surface area (Å²) in [4.78, 5) is 2.44. The van der Waals surface area contributed by atoms with E-state index in [0.29, 0.717) is 0 Å². The Bertz CT molecular complexity index is 85.6. The fourth-order valence-electron chi connectivity index (χ4n) is 1.49. The van der Waals surface area contributed by atoms with E-state index < -0.39 is 0 Å². The van der Waals surface area contributed by atoms with Gasteiger partial charge < -0.3 is 4.90 Å². The minimum absolute atomic E-state index is 0.836. The van der Waals surface area contributed by atoms with Crippen molar-refractivity contribution in [3.05, 3.63) is 0 Å². The first kappa shape index (κ1) is 11.3. The van der Waals surface area contributed by atoms with Gasteiger partial charge in [-0.05, 0) is 38.6 Å². The van der Waals surface area contributed by atoms with Crippen LogP contribution in [-0.4, -0.2) is 30.3 Å². The molecule has 1 heterocycles. The molecular weight excluding hydrogens is 154 g/mol. The normalized spacial score (nSPS) is 24.5. The van der Waals surface area contributed by atoms with Crippen LogP contribution in [0.1, 0.15) is 33.1 Å². The van der Waals surface area contributed by atoms with Gasteiger partial charge in [0.2, 0.25) is 0 Å². The fraction of sp³-hybridized carbons (Fsp3) is 1.00. The van der Waals surface area contributed by atoms with Crippen LogP contribution in [0.2, 0.25) is 0 Å². The van der Waals surface area contributed by atoms with Crippen molar-refractivity contribution in [2.45, 2.75) is 39.2 Å². The van der Waals surface area contributed by atoms with Crippen LogP contribution in [-0.2, 0) is 0 Å². The topological polar surface area (TPSA) is 3.24 Å². The van der Waals surface area contributed by atoms with E-state index in [1.54, 1.807) is 0 Å². The van der Waals surface area contributed by atoms with Crippen LogP contribution in [0.15, 0.2) is 0 Å². The van der Waals surface area contributed by atoms with Crippen molar-refractivity contribution in [2.75, 3.05) is 19.3 Å². The highest BCUT2D eigenvalue weighted by atomic mass is 32.1. The second kappa shape index (κ2) is 6.99. The first-order valence-electron chi connectivity index (χ1n) is 4.65. The zero-order valence-electron chi connectivity index (χ0n) is 8.01. The Kier molecular flexibility index (Phi) is 7.18. The van der Waals surface area contributed by atoms with Gasteiger partial charge in [0.25, 0.3) is 0 Å². The summed E-state index contributed by atoms with van der Waals surface area (Å²) in [5, 5.41) is 0. The van der Waals surface area contributed by atoms with Crippen LogP contribution < -0.4 is 0 Å². The van der Waals surface area contributed by atoms with Gasteiger partial charge in [-0.25, -0.2) is 0 Å². The number of rotatable bonds is 2. The van der Waals surface area contributed by atoms with Gasteiger partial charge in [0.05, 0.1) is 0 Å². The molecule has 0 N–H and O–H groups in total. The molecule has 0 spiro atoms. The van der Waals surface area contributed by atoms with Crippen LogP contribution in [0.3, 0.4) is 0 Å². The highest BCUT2D eigenvalue weighted by Crippen LogP contribution is 2.17. The summed E-state index contributed by atoms with van der Waals surface area (Å²) >= 11 is 4.21. The summed E-state index contributed by atoms with van der Waals surface area (Å²) in [5.74, 6) is 1.04. The van der Waals surface area contributed by atoms with Gasteiger partial charge in [-0.3, -0.25) is 0 Å². The van der Waals surface area contributed by atoms with Crippen LogP contribution >= 0.6 is 12.6 Å². The zero-order chi connectivity index (χ0) is 8.69. The Morgan fingerprint density at radius 3 is 2.45 bits per heavy atom. The number of hydrogen-bond acceptors (Lipinski definition) is 2. The van der Waals surface area contributed by atoms with Crippen molar-refractivity contribution in [1.29, 1.82) is 0 Å². The lowest BCUT2D eigenvalue weighted by molar-refractivity contribution is 0.306. The van der Waals surface area contributed by atoms with Gasteiger partial charge in [0, 0.05) is 6.04 Å². The predicted octanol–water partition coefficient (Wildman–Crippen LogP) is 2.43. The summed E-state index contributed by atoms with van der Waals surface area (Å²) in [6, 6.07) is 0.836. The van der Waals surface area contributed by atoms with Gasteiger partial charge in [-0.1, -0.05) is 13.8 Å². The minimum Gasteiger partial charge on any atom is -0.303 e. The second-order valence-corrected chi connectivity index (χ2v) is 3.24. The number of likely N-dealkylation sites (tertiary alicyclic amines) is 1. The third kappa shape index (κ3) is 4.02. The molecule has 1 aliphatic rings. The third-order valence-corrected chi connectivity index (χ3v) is 2.39. The van der Waals surface area contributed by atoms with Crippen LogP contribution in [0.4, 0.5) is 0 Å². The number of hydrogen-bond donors (Lipinski definition) is 1. The molecule has 68 valence electrons. The lowest BCUT2D eigenvalue weighted by Gasteiger charge is -2.17. The summed E-state index contributed by atoms with van der Waals surface area (Å²) in [5.41, 5.74) is 0. The van der Waals surface area contributed by atoms with Crippen molar-refractivity contribution in [3.63, 3.8) is 0 Å². The highest BCUT2D eigenvalue weighted by Gasteiger charge is 2.18. The first-order chi connectivity index (χ1) is 5.34. The molecule has 0 bridgehead atoms. The van der Waals surface area contributed by atoms with E-state index in [2.05, 4.69) is 24.6 Å². The van der Waals surface area contributed by atoms with Gasteiger partial charge in [0.15, 0.2) is 0 Å². The molecule has 0 aromatic carbocycles. The SMILES string of the molecule is CC.CN1CCCC1CCS. The minimum atomic E-state index is 0.836. The molecule has 1 atom stereocenters. The zero-order valence-corrected chi connectivity index (χ0v) is 8.90. The predicted molar refractivity (Wildman–Crippen MR) is 55.5 cm³/mol. The molecule has 0 aliphatic carbocycles. The van der Waals surface area contributed by atoms with E-state index in [0.717, 1.165) is 11.8 Å². The van der Waals surface area contributed by atoms with Crippen molar-refractivity contribution < 1.29 is 0 Å². The molecule has 0 saturated carbocycles. The van der Waals surface area contributed by atoms with E-state index in [9.17, 15) is 0 Å². The van der Waals surface area contributed by atoms with E-state index in [-0.39, 0.29) is 0 Å². The highest BCUT2D eigenvalue weighted by molar-refractivity contribution is 7.80. The van der Waals surface area contributed by atoms with Gasteiger partial charge >= 0.3 is 0 Å². The van der Waals surface area contributed by atoms with Crippen molar-refractivity contribution in [1.82, 2.24) is 4.90 Å². The molecular formula is C9H21NS. The quantitative estimate of drug-likeness (QED) is 0.631. The Balaban J connectivity index is 0.000000461. The van der Waals surface area contributed by atoms with Gasteiger partial charge in [-0.15, -0.1) is 0 Å². The average Bonchev–Trinajstić information content (AvgIpc) is 2.42. The van der Waals surface area contributed by atoms with Crippen LogP contribution in [0.25, 0.3) is 0 Å². The summed E-state index contributed by atoms with van der Waals surface area (Å²) in [7, 11) is 2.21. The maximum absolute atomic E-state index is 4.21. The second-order valence-electron chi connectivity index (χ2n) is 2.79. The standard InChI is InChI=1S/C7H15NS.C2H6/c1-8-5-2-3-7(8)4-6-9;1-2/h7,9H,2-6H2,1H3;1-2H3. The monoisotopic (exact) mass is 175 g/mol. The third-order valence-electron chi connectivity index (χ3n) is 2.13. The molecule has 2 heteroatoms. The fourth-order valence-corrected chi connectivity index (χ4v) is 1.79. The van der Waals surface area contributed by atoms with E-state index in [4.69, 9.17) is 0 Å². The molecule has 0 aromatic rings. The number of nitrogens with zero attached hydrogens (tertiary/aromatic N) is 1. The lowest BCUT2D eigenvalue weighted by Crippen LogP contribution is -2.24. The molecule has 1 rings (SSSR count). The summed E-state index contributed by atoms with van der Waals surface area (Å²) in [6.45, 7) is 5.29. The maximum atomic E-state index is 4.21. The van der Waals surface area contributed by atoms with E-state index >= 15 is 0 Å². The molecule has 1 fully saturated rings. The molecule has 1 unspecified atom stereocenters. The molecule has 11 heavy (non-hydrogen) atoms. The Morgan fingerprint density at radius 1 is 1.45 bits per heavy atom. The van der Waals surface area contributed by atoms with Crippen LogP contribution in [0.5, 0.6) is 0 Å². The molecule has 1 saturated heterocycles. The average molecular weight is 175 g/mol. The molecule has 0 amide bonds. The molecule has 1 nitrogen and oxygen atoms in total. The van der Waals surface area contributed by atoms with E-state index in [1.807, 2.05) is 13.8 Å². The Labute approximate surface area is 76.6 Å². The summed E-state index contributed by atoms with van der Waals surface area (Å²) < 4.78 is 0. The summed E-state index contributed by atoms with van der Waals surface area (Å²) in [6.07, 6.45) is 4.03. The Hall–Kier alpha value is 0.310. The Morgan fingerprint density at radius 2 is 2.09 bits per heavy atom. The molecule has 0 radical (unpaired) electrons. The maximum Gasteiger partial charge on any atom is 0.0100 e. The molecule has 1 aliphatic heterocycles. The van der Waals surface area contributed by atoms with Crippen molar-refractivity contribution in [3.8, 4) is 0 Å². The molecule has 0 aromatic heterocycles. The number of thiol groups is 1. The van der Waals surface area contributed by atoms with Gasteiger partial charge in [0.1, 0.15) is 0 Å². The smallest absolute Gasteiger partial charge is 0.0100 e. The largest absolute Gasteiger partial charge is 0.303 e. The lowest BCUT2D eigenvalue weighted by atomic mass is 10.2. The van der Waals surface area contributed by atoms with E-state index in [1.165, 1.54) is 25.8 Å². The first-order valence-corrected chi connectivity index (χ1v) is 5.29. The van der Waals surface area contributed by atoms with Crippen molar-refractivity contribution in [2.24, 2.45) is 0 Å². The van der Waals surface area contributed by atoms with Gasteiger partial charge in [-0.2, -0.15) is 12.6 Å².